The van der Waals surface area contributed by atoms with E-state index in [1.165, 1.54) is 18.2 Å². The molecule has 5 nitrogen and oxygen atoms in total. The van der Waals surface area contributed by atoms with E-state index in [2.05, 4.69) is 0 Å². The Hall–Kier alpha value is -0.790. The summed E-state index contributed by atoms with van der Waals surface area (Å²) >= 11 is 0. The molecule has 1 aromatic rings. The summed E-state index contributed by atoms with van der Waals surface area (Å²) in [7, 11) is -1.57. The van der Waals surface area contributed by atoms with Gasteiger partial charge in [-0.1, -0.05) is 13.8 Å². The highest BCUT2D eigenvalue weighted by atomic mass is 35.7. The Balaban J connectivity index is 3.08. The lowest BCUT2D eigenvalue weighted by Crippen LogP contribution is -2.13. The van der Waals surface area contributed by atoms with Crippen molar-refractivity contribution in [3.05, 3.63) is 23.8 Å². The van der Waals surface area contributed by atoms with Crippen LogP contribution in [0.1, 0.15) is 31.7 Å². The van der Waals surface area contributed by atoms with Crippen molar-refractivity contribution in [2.75, 3.05) is 18.6 Å². The van der Waals surface area contributed by atoms with Gasteiger partial charge in [0.2, 0.25) is 0 Å². The molecule has 0 spiro atoms. The minimum Gasteiger partial charge on any atom is -0.492 e. The van der Waals surface area contributed by atoms with Crippen LogP contribution < -0.4 is 4.74 Å². The lowest BCUT2D eigenvalue weighted by Gasteiger charge is -2.16. The molecule has 0 fully saturated rings. The van der Waals surface area contributed by atoms with Gasteiger partial charge in [0.1, 0.15) is 12.4 Å². The van der Waals surface area contributed by atoms with Crippen LogP contribution in [0.3, 0.4) is 0 Å². The molecule has 0 bridgehead atoms. The Kier molecular flexibility index (Phi) is 6.07. The SMILES string of the molecule is CCC(C)c1cc(S(=O)(=O)Cl)ccc1OCCS(C)(=O)=O. The van der Waals surface area contributed by atoms with Crippen LogP contribution in [0.15, 0.2) is 23.1 Å². The summed E-state index contributed by atoms with van der Waals surface area (Å²) < 4.78 is 50.5. The van der Waals surface area contributed by atoms with Gasteiger partial charge in [0.05, 0.1) is 10.6 Å². The van der Waals surface area contributed by atoms with Gasteiger partial charge in [-0.2, -0.15) is 0 Å². The molecule has 1 unspecified atom stereocenters. The van der Waals surface area contributed by atoms with Gasteiger partial charge in [-0.25, -0.2) is 16.8 Å². The molecule has 1 rings (SSSR count). The lowest BCUT2D eigenvalue weighted by molar-refractivity contribution is 0.335. The van der Waals surface area contributed by atoms with E-state index in [9.17, 15) is 16.8 Å². The van der Waals surface area contributed by atoms with Gasteiger partial charge < -0.3 is 4.74 Å². The number of sulfone groups is 1. The van der Waals surface area contributed by atoms with Crippen LogP contribution in [0, 0.1) is 0 Å². The van der Waals surface area contributed by atoms with E-state index in [1.807, 2.05) is 13.8 Å². The third kappa shape index (κ3) is 5.84. The molecule has 0 saturated carbocycles. The van der Waals surface area contributed by atoms with E-state index >= 15 is 0 Å². The quantitative estimate of drug-likeness (QED) is 0.703. The molecule has 0 aliphatic carbocycles. The molecule has 8 heteroatoms. The predicted octanol–water partition coefficient (Wildman–Crippen LogP) is 2.55. The highest BCUT2D eigenvalue weighted by Crippen LogP contribution is 2.32. The van der Waals surface area contributed by atoms with Crippen molar-refractivity contribution in [2.45, 2.75) is 31.1 Å². The fraction of sp³-hybridized carbons (Fsp3) is 0.538. The standard InChI is InChI=1S/C13H19ClO5S2/c1-4-10(2)12-9-11(21(14,17)18)5-6-13(12)19-7-8-20(3,15)16/h5-6,9-10H,4,7-8H2,1-3H3. The Morgan fingerprint density at radius 2 is 1.86 bits per heavy atom. The first-order valence-corrected chi connectivity index (χ1v) is 10.8. The Labute approximate surface area is 130 Å². The maximum Gasteiger partial charge on any atom is 0.261 e. The van der Waals surface area contributed by atoms with Gasteiger partial charge in [0, 0.05) is 16.9 Å². The molecule has 0 radical (unpaired) electrons. The van der Waals surface area contributed by atoms with Gasteiger partial charge in [0.25, 0.3) is 9.05 Å². The molecule has 0 aliphatic heterocycles. The van der Waals surface area contributed by atoms with E-state index < -0.39 is 18.9 Å². The van der Waals surface area contributed by atoms with Crippen LogP contribution in [0.4, 0.5) is 0 Å². The molecule has 0 heterocycles. The molecule has 120 valence electrons. The number of hydrogen-bond donors (Lipinski definition) is 0. The average Bonchev–Trinajstić information content (AvgIpc) is 2.35. The van der Waals surface area contributed by atoms with E-state index in [-0.39, 0.29) is 23.2 Å². The number of hydrogen-bond acceptors (Lipinski definition) is 5. The van der Waals surface area contributed by atoms with Gasteiger partial charge in [-0.05, 0) is 36.1 Å². The van der Waals surface area contributed by atoms with Gasteiger partial charge in [-0.15, -0.1) is 0 Å². The molecule has 21 heavy (non-hydrogen) atoms. The molecule has 1 atom stereocenters. The third-order valence-corrected chi connectivity index (χ3v) is 5.38. The Bertz CT molecular complexity index is 695. The zero-order valence-corrected chi connectivity index (χ0v) is 14.6. The number of rotatable bonds is 7. The summed E-state index contributed by atoms with van der Waals surface area (Å²) in [6.07, 6.45) is 1.92. The third-order valence-electron chi connectivity index (χ3n) is 3.12. The Morgan fingerprint density at radius 1 is 1.24 bits per heavy atom. The second-order valence-corrected chi connectivity index (χ2v) is 9.75. The van der Waals surface area contributed by atoms with Crippen molar-refractivity contribution in [3.63, 3.8) is 0 Å². The van der Waals surface area contributed by atoms with Crippen molar-refractivity contribution in [1.29, 1.82) is 0 Å². The van der Waals surface area contributed by atoms with Crippen LogP contribution in [0.5, 0.6) is 5.75 Å². The van der Waals surface area contributed by atoms with Crippen LogP contribution in [-0.2, 0) is 18.9 Å². The molecule has 0 amide bonds. The molecule has 0 saturated heterocycles. The zero-order chi connectivity index (χ0) is 16.3. The van der Waals surface area contributed by atoms with Gasteiger partial charge in [-0.3, -0.25) is 0 Å². The Morgan fingerprint density at radius 3 is 2.33 bits per heavy atom. The van der Waals surface area contributed by atoms with E-state index in [0.717, 1.165) is 12.7 Å². The molecular weight excluding hydrogens is 336 g/mol. The van der Waals surface area contributed by atoms with Crippen molar-refractivity contribution in [3.8, 4) is 5.75 Å². The minimum atomic E-state index is -3.81. The normalized spacial score (nSPS) is 13.9. The maximum atomic E-state index is 11.4. The number of ether oxygens (including phenoxy) is 1. The topological polar surface area (TPSA) is 77.5 Å². The molecule has 0 N–H and O–H groups in total. The van der Waals surface area contributed by atoms with Crippen LogP contribution >= 0.6 is 10.7 Å². The smallest absolute Gasteiger partial charge is 0.261 e. The van der Waals surface area contributed by atoms with E-state index in [1.54, 1.807) is 0 Å². The van der Waals surface area contributed by atoms with Crippen LogP contribution in [0.25, 0.3) is 0 Å². The van der Waals surface area contributed by atoms with Gasteiger partial charge >= 0.3 is 0 Å². The highest BCUT2D eigenvalue weighted by Gasteiger charge is 2.17. The van der Waals surface area contributed by atoms with Crippen molar-refractivity contribution < 1.29 is 21.6 Å². The lowest BCUT2D eigenvalue weighted by atomic mass is 9.98. The average molecular weight is 355 g/mol. The van der Waals surface area contributed by atoms with Crippen molar-refractivity contribution in [2.24, 2.45) is 0 Å². The first-order valence-electron chi connectivity index (χ1n) is 6.43. The second kappa shape index (κ2) is 6.98. The predicted molar refractivity (Wildman–Crippen MR) is 83.4 cm³/mol. The monoisotopic (exact) mass is 354 g/mol. The van der Waals surface area contributed by atoms with Gasteiger partial charge in [0.15, 0.2) is 9.84 Å². The molecule has 1 aromatic carbocycles. The first kappa shape index (κ1) is 18.3. The summed E-state index contributed by atoms with van der Waals surface area (Å²) in [5.41, 5.74) is 0.702. The molecule has 0 aliphatic rings. The van der Waals surface area contributed by atoms with Crippen LogP contribution in [0.2, 0.25) is 0 Å². The zero-order valence-electron chi connectivity index (χ0n) is 12.2. The fourth-order valence-electron chi connectivity index (χ4n) is 1.72. The fourth-order valence-corrected chi connectivity index (χ4v) is 2.89. The highest BCUT2D eigenvalue weighted by molar-refractivity contribution is 8.13. The second-order valence-electron chi connectivity index (χ2n) is 4.93. The molecular formula is C13H19ClO5S2. The molecule has 0 aromatic heterocycles. The summed E-state index contributed by atoms with van der Waals surface area (Å²) in [4.78, 5) is 0.00919. The summed E-state index contributed by atoms with van der Waals surface area (Å²) in [5, 5.41) is 0. The largest absolute Gasteiger partial charge is 0.492 e. The van der Waals surface area contributed by atoms with Crippen LogP contribution in [-0.4, -0.2) is 35.5 Å². The van der Waals surface area contributed by atoms with E-state index in [0.29, 0.717) is 11.3 Å². The maximum absolute atomic E-state index is 11.4. The number of halogens is 1. The van der Waals surface area contributed by atoms with E-state index in [4.69, 9.17) is 15.4 Å². The summed E-state index contributed by atoms with van der Waals surface area (Å²) in [6.45, 7) is 3.92. The minimum absolute atomic E-state index is 0.00919. The number of benzene rings is 1. The first-order chi connectivity index (χ1) is 9.54. The van der Waals surface area contributed by atoms with Crippen molar-refractivity contribution in [1.82, 2.24) is 0 Å². The summed E-state index contributed by atoms with van der Waals surface area (Å²) in [6, 6.07) is 4.34. The van der Waals surface area contributed by atoms with Crippen molar-refractivity contribution >= 4 is 29.6 Å². The summed E-state index contributed by atoms with van der Waals surface area (Å²) in [5.74, 6) is 0.455.